The summed E-state index contributed by atoms with van der Waals surface area (Å²) >= 11 is 1.52. The Balaban J connectivity index is 1.47. The van der Waals surface area contributed by atoms with Gasteiger partial charge in [-0.1, -0.05) is 85.0 Å². The molecule has 0 aliphatic carbocycles. The molecule has 2 amide bonds. The number of thioether (sulfide) groups is 1. The fourth-order valence-electron chi connectivity index (χ4n) is 6.55. The van der Waals surface area contributed by atoms with Gasteiger partial charge in [-0.2, -0.15) is 0 Å². The van der Waals surface area contributed by atoms with E-state index in [1.54, 1.807) is 9.80 Å². The van der Waals surface area contributed by atoms with E-state index in [-0.39, 0.29) is 29.6 Å². The normalized spacial score (nSPS) is 31.8. The Kier molecular flexibility index (Phi) is 7.08. The second-order valence-electron chi connectivity index (χ2n) is 10.5. The second-order valence-corrected chi connectivity index (χ2v) is 12.0. The third kappa shape index (κ3) is 4.39. The van der Waals surface area contributed by atoms with Crippen molar-refractivity contribution in [3.8, 4) is 0 Å². The molecule has 0 bridgehead atoms. The number of rotatable bonds is 5. The minimum atomic E-state index is -0.959. The first-order valence-electron chi connectivity index (χ1n) is 13.5. The number of esters is 1. The van der Waals surface area contributed by atoms with E-state index in [9.17, 15) is 19.5 Å². The van der Waals surface area contributed by atoms with Crippen molar-refractivity contribution in [1.82, 2.24) is 9.80 Å². The molecule has 39 heavy (non-hydrogen) atoms. The lowest BCUT2D eigenvalue weighted by atomic mass is 9.78. The van der Waals surface area contributed by atoms with Crippen molar-refractivity contribution < 1.29 is 24.2 Å². The Morgan fingerprint density at radius 2 is 1.74 bits per heavy atom. The molecule has 4 aliphatic heterocycles. The Morgan fingerprint density at radius 3 is 2.49 bits per heavy atom. The number of aliphatic hydroxyl groups excluding tert-OH is 1. The number of likely N-dealkylation sites (tertiary alicyclic amines) is 1. The molecule has 2 fully saturated rings. The van der Waals surface area contributed by atoms with Crippen LogP contribution in [0.2, 0.25) is 0 Å². The van der Waals surface area contributed by atoms with Gasteiger partial charge in [-0.25, -0.2) is 0 Å². The number of cyclic esters (lactones) is 1. The van der Waals surface area contributed by atoms with Crippen molar-refractivity contribution >= 4 is 29.5 Å². The van der Waals surface area contributed by atoms with Gasteiger partial charge < -0.3 is 19.6 Å². The minimum Gasteiger partial charge on any atom is -0.465 e. The van der Waals surface area contributed by atoms with E-state index in [1.807, 2.05) is 78.9 Å². The summed E-state index contributed by atoms with van der Waals surface area (Å²) in [5, 5.41) is 10.3. The smallest absolute Gasteiger partial charge is 0.311 e. The van der Waals surface area contributed by atoms with E-state index in [0.717, 1.165) is 24.0 Å². The van der Waals surface area contributed by atoms with Gasteiger partial charge in [-0.05, 0) is 24.0 Å². The highest BCUT2D eigenvalue weighted by molar-refractivity contribution is 8.02. The summed E-state index contributed by atoms with van der Waals surface area (Å²) < 4.78 is 4.68. The number of hydrogen-bond acceptors (Lipinski definition) is 6. The molecule has 1 N–H and O–H groups in total. The molecule has 202 valence electrons. The number of fused-ring (bicyclic) bond motifs is 2. The van der Waals surface area contributed by atoms with Gasteiger partial charge in [0.2, 0.25) is 11.8 Å². The highest BCUT2D eigenvalue weighted by Gasteiger charge is 2.71. The molecule has 2 aromatic carbocycles. The fraction of sp³-hybridized carbons (Fsp3) is 0.387. The van der Waals surface area contributed by atoms with Gasteiger partial charge in [0.1, 0.15) is 6.04 Å². The summed E-state index contributed by atoms with van der Waals surface area (Å²) in [6.07, 6.45) is 9.57. The van der Waals surface area contributed by atoms with Gasteiger partial charge in [0.05, 0.1) is 35.8 Å². The van der Waals surface area contributed by atoms with Gasteiger partial charge in [0.25, 0.3) is 0 Å². The number of amides is 2. The highest BCUT2D eigenvalue weighted by atomic mass is 32.2. The lowest BCUT2D eigenvalue weighted by molar-refractivity contribution is -0.153. The summed E-state index contributed by atoms with van der Waals surface area (Å²) in [7, 11) is 0. The molecule has 4 heterocycles. The molecule has 4 aliphatic rings. The predicted molar refractivity (Wildman–Crippen MR) is 148 cm³/mol. The third-order valence-corrected chi connectivity index (χ3v) is 10.0. The number of hydrogen-bond donors (Lipinski definition) is 1. The second kappa shape index (κ2) is 10.7. The van der Waals surface area contributed by atoms with Gasteiger partial charge in [0.15, 0.2) is 0 Å². The summed E-state index contributed by atoms with van der Waals surface area (Å²) in [4.78, 5) is 45.8. The van der Waals surface area contributed by atoms with Crippen LogP contribution in [0.25, 0.3) is 0 Å². The first-order valence-corrected chi connectivity index (χ1v) is 14.4. The molecule has 0 saturated carbocycles. The Hall–Kier alpha value is -3.36. The van der Waals surface area contributed by atoms with E-state index in [0.29, 0.717) is 19.7 Å². The Morgan fingerprint density at radius 1 is 1.00 bits per heavy atom. The average Bonchev–Trinajstić information content (AvgIpc) is 3.37. The Bertz CT molecular complexity index is 1300. The molecule has 0 aromatic heterocycles. The number of ether oxygens (including phenoxy) is 1. The number of allylic oxidation sites excluding steroid dienone is 1. The van der Waals surface area contributed by atoms with E-state index in [2.05, 4.69) is 6.08 Å². The van der Waals surface area contributed by atoms with E-state index in [1.165, 1.54) is 11.8 Å². The lowest BCUT2D eigenvalue weighted by Gasteiger charge is -2.38. The molecule has 6 atom stereocenters. The van der Waals surface area contributed by atoms with Crippen molar-refractivity contribution in [2.45, 2.75) is 41.5 Å². The number of aliphatic hydroxyl groups is 1. The minimum absolute atomic E-state index is 0.176. The standard InChI is InChI=1S/C31H32N2O5S/c34-20-23(22-13-6-2-7-14-22)33-27-29(36)32(19-21-11-4-1-5-12-21)17-10-16-31(27)26(28(33)35)25-24(39-31)15-8-3-9-18-38-30(25)37/h1-2,4-8,10-16,23-27,34H,3,9,17-20H2/b15-8-/t23-,24-,25+,26+,27?,31+/m1/s1. The largest absolute Gasteiger partial charge is 0.465 e. The van der Waals surface area contributed by atoms with Crippen LogP contribution in [0.1, 0.15) is 30.0 Å². The van der Waals surface area contributed by atoms with Crippen molar-refractivity contribution in [2.24, 2.45) is 11.8 Å². The van der Waals surface area contributed by atoms with Crippen LogP contribution in [-0.2, 0) is 25.7 Å². The molecule has 7 nitrogen and oxygen atoms in total. The maximum atomic E-state index is 14.5. The maximum absolute atomic E-state index is 14.5. The SMILES string of the molecule is O=C1OCCC/C=C\[C@H]2S[C@]34C=CCN(Cc5ccccc5)C(=O)C3N([C@H](CO)c3ccccc3)C(=O)[C@@H]4[C@@H]12. The Labute approximate surface area is 232 Å². The van der Waals surface area contributed by atoms with Crippen LogP contribution in [0.15, 0.2) is 85.0 Å². The summed E-state index contributed by atoms with van der Waals surface area (Å²) in [5.41, 5.74) is 1.74. The molecule has 0 radical (unpaired) electrons. The zero-order valence-electron chi connectivity index (χ0n) is 21.6. The maximum Gasteiger partial charge on any atom is 0.311 e. The van der Waals surface area contributed by atoms with Gasteiger partial charge in [0, 0.05) is 18.3 Å². The number of carbonyl (C=O) groups is 3. The van der Waals surface area contributed by atoms with Crippen molar-refractivity contribution in [3.63, 3.8) is 0 Å². The first-order chi connectivity index (χ1) is 19.0. The molecule has 2 saturated heterocycles. The van der Waals surface area contributed by atoms with Crippen LogP contribution in [0.4, 0.5) is 0 Å². The van der Waals surface area contributed by atoms with Crippen molar-refractivity contribution in [1.29, 1.82) is 0 Å². The van der Waals surface area contributed by atoms with Crippen LogP contribution in [0.5, 0.6) is 0 Å². The fourth-order valence-corrected chi connectivity index (χ4v) is 8.54. The lowest BCUT2D eigenvalue weighted by Crippen LogP contribution is -2.54. The van der Waals surface area contributed by atoms with Crippen LogP contribution in [0.3, 0.4) is 0 Å². The van der Waals surface area contributed by atoms with Crippen molar-refractivity contribution in [2.75, 3.05) is 19.8 Å². The number of carbonyl (C=O) groups excluding carboxylic acids is 3. The van der Waals surface area contributed by atoms with Gasteiger partial charge in [-0.15, -0.1) is 11.8 Å². The molecule has 1 spiro atoms. The monoisotopic (exact) mass is 544 g/mol. The molecular weight excluding hydrogens is 512 g/mol. The molecular formula is C31H32N2O5S. The molecule has 8 heteroatoms. The number of benzene rings is 2. The highest BCUT2D eigenvalue weighted by Crippen LogP contribution is 2.62. The van der Waals surface area contributed by atoms with Gasteiger partial charge >= 0.3 is 5.97 Å². The number of nitrogens with zero attached hydrogens (tertiary/aromatic N) is 2. The van der Waals surface area contributed by atoms with Crippen LogP contribution in [0, 0.1) is 11.8 Å². The van der Waals surface area contributed by atoms with Crippen LogP contribution >= 0.6 is 11.8 Å². The van der Waals surface area contributed by atoms with Crippen LogP contribution < -0.4 is 0 Å². The molecule has 1 unspecified atom stereocenters. The van der Waals surface area contributed by atoms with Crippen molar-refractivity contribution in [3.05, 3.63) is 96.1 Å². The summed E-state index contributed by atoms with van der Waals surface area (Å²) in [6.45, 7) is 0.763. The molecule has 2 aromatic rings. The van der Waals surface area contributed by atoms with Crippen LogP contribution in [-0.4, -0.2) is 68.5 Å². The van der Waals surface area contributed by atoms with Gasteiger partial charge in [-0.3, -0.25) is 14.4 Å². The summed E-state index contributed by atoms with van der Waals surface area (Å²) in [6, 6.07) is 17.5. The summed E-state index contributed by atoms with van der Waals surface area (Å²) in [5.74, 6) is -2.33. The quantitative estimate of drug-likeness (QED) is 0.458. The van der Waals surface area contributed by atoms with E-state index < -0.39 is 28.7 Å². The topological polar surface area (TPSA) is 87.2 Å². The first kappa shape index (κ1) is 25.9. The average molecular weight is 545 g/mol. The van der Waals surface area contributed by atoms with E-state index >= 15 is 0 Å². The third-order valence-electron chi connectivity index (χ3n) is 8.28. The molecule has 6 rings (SSSR count). The predicted octanol–water partition coefficient (Wildman–Crippen LogP) is 3.51. The zero-order valence-corrected chi connectivity index (χ0v) is 22.4. The zero-order chi connectivity index (χ0) is 27.0. The van der Waals surface area contributed by atoms with E-state index in [4.69, 9.17) is 4.74 Å².